The van der Waals surface area contributed by atoms with Crippen LogP contribution in [0.5, 0.6) is 0 Å². The Balaban J connectivity index is 3.28. The van der Waals surface area contributed by atoms with Gasteiger partial charge in [0.25, 0.3) is 0 Å². The van der Waals surface area contributed by atoms with Crippen molar-refractivity contribution in [3.8, 4) is 0 Å². The fraction of sp³-hybridized carbons (Fsp3) is 0.222. The van der Waals surface area contributed by atoms with Crippen molar-refractivity contribution in [3.05, 3.63) is 35.4 Å². The van der Waals surface area contributed by atoms with Crippen LogP contribution in [0.15, 0.2) is 24.3 Å². The van der Waals surface area contributed by atoms with Gasteiger partial charge in [-0.2, -0.15) is 0 Å². The van der Waals surface area contributed by atoms with Gasteiger partial charge in [0.1, 0.15) is 0 Å². The van der Waals surface area contributed by atoms with Crippen molar-refractivity contribution >= 4 is 5.97 Å². The van der Waals surface area contributed by atoms with Crippen LogP contribution in [0.2, 0.25) is 0 Å². The molecule has 1 rings (SSSR count). The van der Waals surface area contributed by atoms with Gasteiger partial charge in [-0.1, -0.05) is 18.2 Å². The Morgan fingerprint density at radius 3 is 2.31 bits per heavy atom. The minimum atomic E-state index is -1.12. The second-order valence-electron chi connectivity index (χ2n) is 3.13. The lowest BCUT2D eigenvalue weighted by molar-refractivity contribution is 0.0694. The van der Waals surface area contributed by atoms with E-state index in [1.165, 1.54) is 6.07 Å². The van der Waals surface area contributed by atoms with Gasteiger partial charge in [-0.3, -0.25) is 0 Å². The average Bonchev–Trinajstić information content (AvgIpc) is 2.03. The second kappa shape index (κ2) is 3.16. The van der Waals surface area contributed by atoms with Crippen molar-refractivity contribution in [2.75, 3.05) is 0 Å². The smallest absolute Gasteiger partial charge is 0.336 e. The highest BCUT2D eigenvalue weighted by molar-refractivity contribution is 5.89. The number of benzene rings is 1. The minimum absolute atomic E-state index is 0.148. The zero-order valence-electron chi connectivity index (χ0n) is 7.32. The van der Waals surface area contributed by atoms with Crippen molar-refractivity contribution in [2.24, 2.45) is 11.5 Å². The predicted molar refractivity (Wildman–Crippen MR) is 49.1 cm³/mol. The summed E-state index contributed by atoms with van der Waals surface area (Å²) in [6, 6.07) is 6.44. The summed E-state index contributed by atoms with van der Waals surface area (Å²) in [5, 5.41) is 8.82. The van der Waals surface area contributed by atoms with Crippen LogP contribution < -0.4 is 11.5 Å². The number of carboxylic acids is 1. The van der Waals surface area contributed by atoms with E-state index in [0.29, 0.717) is 5.56 Å². The number of carbonyl (C=O) groups is 1. The molecule has 0 fully saturated rings. The fourth-order valence-electron chi connectivity index (χ4n) is 1.14. The molecule has 0 aliphatic carbocycles. The molecule has 0 unspecified atom stereocenters. The van der Waals surface area contributed by atoms with Gasteiger partial charge in [0.2, 0.25) is 0 Å². The van der Waals surface area contributed by atoms with Gasteiger partial charge in [-0.05, 0) is 13.0 Å². The average molecular weight is 180 g/mol. The SMILES string of the molecule is CC(N)(N)c1ccccc1C(=O)O. The van der Waals surface area contributed by atoms with Crippen LogP contribution in [0, 0.1) is 0 Å². The van der Waals surface area contributed by atoms with E-state index in [1.807, 2.05) is 0 Å². The van der Waals surface area contributed by atoms with Crippen molar-refractivity contribution in [2.45, 2.75) is 12.6 Å². The van der Waals surface area contributed by atoms with Crippen LogP contribution in [0.4, 0.5) is 0 Å². The maximum atomic E-state index is 10.8. The summed E-state index contributed by atoms with van der Waals surface area (Å²) in [5.41, 5.74) is 10.7. The van der Waals surface area contributed by atoms with E-state index in [2.05, 4.69) is 0 Å². The molecule has 0 bridgehead atoms. The Bertz CT molecular complexity index is 329. The molecule has 0 aliphatic rings. The zero-order valence-corrected chi connectivity index (χ0v) is 7.32. The summed E-state index contributed by atoms with van der Waals surface area (Å²) in [4.78, 5) is 10.8. The van der Waals surface area contributed by atoms with E-state index in [0.717, 1.165) is 0 Å². The first kappa shape index (κ1) is 9.70. The number of carboxylic acid groups (broad SMARTS) is 1. The molecular formula is C9H12N2O2. The zero-order chi connectivity index (χ0) is 10.1. The molecule has 1 aromatic carbocycles. The van der Waals surface area contributed by atoms with Crippen molar-refractivity contribution in [3.63, 3.8) is 0 Å². The van der Waals surface area contributed by atoms with Gasteiger partial charge in [0, 0.05) is 5.56 Å². The maximum Gasteiger partial charge on any atom is 0.336 e. The third-order valence-electron chi connectivity index (χ3n) is 1.74. The molecule has 13 heavy (non-hydrogen) atoms. The van der Waals surface area contributed by atoms with E-state index in [4.69, 9.17) is 16.6 Å². The third-order valence-corrected chi connectivity index (χ3v) is 1.74. The highest BCUT2D eigenvalue weighted by Crippen LogP contribution is 2.16. The lowest BCUT2D eigenvalue weighted by Gasteiger charge is -2.20. The standard InChI is InChI=1S/C9H12N2O2/c1-9(10,11)7-5-3-2-4-6(7)8(12)13/h2-5H,10-11H2,1H3,(H,12,13). The molecule has 0 saturated carbocycles. The van der Waals surface area contributed by atoms with Crippen molar-refractivity contribution in [1.82, 2.24) is 0 Å². The normalized spacial score (nSPS) is 11.3. The van der Waals surface area contributed by atoms with E-state index >= 15 is 0 Å². The van der Waals surface area contributed by atoms with Crippen LogP contribution in [0.25, 0.3) is 0 Å². The summed E-state index contributed by atoms with van der Waals surface area (Å²) in [7, 11) is 0. The molecule has 0 spiro atoms. The first-order valence-corrected chi connectivity index (χ1v) is 3.83. The van der Waals surface area contributed by atoms with E-state index in [-0.39, 0.29) is 5.56 Å². The van der Waals surface area contributed by atoms with Gasteiger partial charge >= 0.3 is 5.97 Å². The molecule has 4 nitrogen and oxygen atoms in total. The molecule has 4 heteroatoms. The summed E-state index contributed by atoms with van der Waals surface area (Å²) < 4.78 is 0. The fourth-order valence-corrected chi connectivity index (χ4v) is 1.14. The summed E-state index contributed by atoms with van der Waals surface area (Å²) in [6.45, 7) is 1.56. The van der Waals surface area contributed by atoms with Gasteiger partial charge < -0.3 is 16.6 Å². The van der Waals surface area contributed by atoms with Gasteiger partial charge in [0.15, 0.2) is 0 Å². The highest BCUT2D eigenvalue weighted by atomic mass is 16.4. The monoisotopic (exact) mass is 180 g/mol. The predicted octanol–water partition coefficient (Wildman–Crippen LogP) is 0.475. The molecule has 0 radical (unpaired) electrons. The second-order valence-corrected chi connectivity index (χ2v) is 3.13. The molecule has 0 saturated heterocycles. The quantitative estimate of drug-likeness (QED) is 0.577. The Hall–Kier alpha value is -1.39. The van der Waals surface area contributed by atoms with Crippen molar-refractivity contribution < 1.29 is 9.90 Å². The number of rotatable bonds is 2. The summed E-state index contributed by atoms with van der Waals surface area (Å²) >= 11 is 0. The molecule has 1 aromatic rings. The molecule has 0 atom stereocenters. The topological polar surface area (TPSA) is 89.3 Å². The van der Waals surface area contributed by atoms with Gasteiger partial charge in [-0.15, -0.1) is 0 Å². The molecule has 5 N–H and O–H groups in total. The lowest BCUT2D eigenvalue weighted by Crippen LogP contribution is -2.43. The lowest BCUT2D eigenvalue weighted by atomic mass is 9.97. The van der Waals surface area contributed by atoms with Crippen LogP contribution in [0.1, 0.15) is 22.8 Å². The van der Waals surface area contributed by atoms with Gasteiger partial charge in [-0.25, -0.2) is 4.79 Å². The maximum absolute atomic E-state index is 10.8. The minimum Gasteiger partial charge on any atom is -0.478 e. The summed E-state index contributed by atoms with van der Waals surface area (Å²) in [6.07, 6.45) is 0. The van der Waals surface area contributed by atoms with Crippen molar-refractivity contribution in [1.29, 1.82) is 0 Å². The van der Waals surface area contributed by atoms with Crippen LogP contribution in [0.3, 0.4) is 0 Å². The number of aromatic carboxylic acids is 1. The van der Waals surface area contributed by atoms with E-state index in [1.54, 1.807) is 25.1 Å². The van der Waals surface area contributed by atoms with Gasteiger partial charge in [0.05, 0.1) is 11.2 Å². The van der Waals surface area contributed by atoms with Crippen LogP contribution >= 0.6 is 0 Å². The molecule has 0 aliphatic heterocycles. The first-order chi connectivity index (χ1) is 5.93. The van der Waals surface area contributed by atoms with Crippen LogP contribution in [-0.4, -0.2) is 11.1 Å². The number of hydrogen-bond acceptors (Lipinski definition) is 3. The van der Waals surface area contributed by atoms with Crippen LogP contribution in [-0.2, 0) is 5.66 Å². The Morgan fingerprint density at radius 1 is 1.38 bits per heavy atom. The summed E-state index contributed by atoms with van der Waals surface area (Å²) in [5.74, 6) is -1.02. The Labute approximate surface area is 76.2 Å². The molecule has 70 valence electrons. The Kier molecular flexibility index (Phi) is 2.36. The number of hydrogen-bond donors (Lipinski definition) is 3. The molecule has 0 aromatic heterocycles. The molecule has 0 amide bonds. The Morgan fingerprint density at radius 2 is 1.92 bits per heavy atom. The third kappa shape index (κ3) is 2.05. The molecule has 0 heterocycles. The number of nitrogens with two attached hydrogens (primary N) is 2. The van der Waals surface area contributed by atoms with E-state index < -0.39 is 11.6 Å². The first-order valence-electron chi connectivity index (χ1n) is 3.83. The molecular weight excluding hydrogens is 168 g/mol. The largest absolute Gasteiger partial charge is 0.478 e. The highest BCUT2D eigenvalue weighted by Gasteiger charge is 2.21. The van der Waals surface area contributed by atoms with E-state index in [9.17, 15) is 4.79 Å².